The first-order valence-corrected chi connectivity index (χ1v) is 4.79. The fourth-order valence-corrected chi connectivity index (χ4v) is 1.14. The maximum absolute atomic E-state index is 11.4. The Morgan fingerprint density at radius 1 is 1.44 bits per heavy atom. The summed E-state index contributed by atoms with van der Waals surface area (Å²) in [4.78, 5) is 21.6. The van der Waals surface area contributed by atoms with Gasteiger partial charge in [-0.2, -0.15) is 4.73 Å². The van der Waals surface area contributed by atoms with Gasteiger partial charge in [-0.1, -0.05) is 0 Å². The molecule has 1 amide bonds. The first kappa shape index (κ1) is 12.0. The summed E-state index contributed by atoms with van der Waals surface area (Å²) in [6.07, 6.45) is 1.56. The monoisotopic (exact) mass is 224 g/mol. The van der Waals surface area contributed by atoms with Crippen LogP contribution in [0, 0.1) is 5.21 Å². The summed E-state index contributed by atoms with van der Waals surface area (Å²) in [7, 11) is 0. The van der Waals surface area contributed by atoms with Gasteiger partial charge in [0.2, 0.25) is 0 Å². The van der Waals surface area contributed by atoms with Crippen molar-refractivity contribution < 1.29 is 19.4 Å². The van der Waals surface area contributed by atoms with Gasteiger partial charge < -0.3 is 15.6 Å². The van der Waals surface area contributed by atoms with E-state index in [1.54, 1.807) is 6.07 Å². The number of hydrogen-bond acceptors (Lipinski definition) is 3. The molecule has 6 heteroatoms. The molecule has 0 fully saturated rings. The molecule has 1 heterocycles. The number of aliphatic carboxylic acids is 1. The van der Waals surface area contributed by atoms with Crippen LogP contribution in [0.2, 0.25) is 0 Å². The zero-order chi connectivity index (χ0) is 12.0. The van der Waals surface area contributed by atoms with E-state index in [9.17, 15) is 14.8 Å². The van der Waals surface area contributed by atoms with E-state index in [0.29, 0.717) is 11.2 Å². The minimum atomic E-state index is -0.909. The van der Waals surface area contributed by atoms with Crippen molar-refractivity contribution in [3.63, 3.8) is 0 Å². The lowest BCUT2D eigenvalue weighted by Gasteiger charge is -2.04. The van der Waals surface area contributed by atoms with Crippen molar-refractivity contribution in [2.24, 2.45) is 0 Å². The van der Waals surface area contributed by atoms with E-state index in [2.05, 4.69) is 5.32 Å². The van der Waals surface area contributed by atoms with Gasteiger partial charge >= 0.3 is 11.9 Å². The van der Waals surface area contributed by atoms with Crippen LogP contribution < -0.4 is 10.0 Å². The molecule has 16 heavy (non-hydrogen) atoms. The Kier molecular flexibility index (Phi) is 4.26. The van der Waals surface area contributed by atoms with Crippen molar-refractivity contribution in [2.75, 3.05) is 6.54 Å². The summed E-state index contributed by atoms with van der Waals surface area (Å²) in [6, 6.07) is 4.51. The molecule has 86 valence electrons. The largest absolute Gasteiger partial charge is 0.618 e. The molecular formula is C10H12N2O4. The summed E-state index contributed by atoms with van der Waals surface area (Å²) in [5, 5.41) is 22.0. The number of hydrogen-bond donors (Lipinski definition) is 2. The lowest BCUT2D eigenvalue weighted by Crippen LogP contribution is -2.39. The van der Waals surface area contributed by atoms with Crippen LogP contribution in [0.5, 0.6) is 0 Å². The van der Waals surface area contributed by atoms with Crippen LogP contribution in [0.1, 0.15) is 23.3 Å². The van der Waals surface area contributed by atoms with Gasteiger partial charge in [0, 0.05) is 25.1 Å². The molecule has 0 radical (unpaired) electrons. The number of carbonyl (C=O) groups excluding carboxylic acids is 1. The van der Waals surface area contributed by atoms with Gasteiger partial charge in [-0.25, -0.2) is 0 Å². The van der Waals surface area contributed by atoms with Crippen molar-refractivity contribution in [1.29, 1.82) is 0 Å². The zero-order valence-corrected chi connectivity index (χ0v) is 8.55. The standard InChI is InChI=1S/C10H12N2O4/c13-9(14)5-3-6-11-10(15)8-4-1-2-7-12(8)16/h1-2,4,7H,3,5-6H2,(H,11,15)(H,13,14). The lowest BCUT2D eigenvalue weighted by atomic mass is 10.3. The van der Waals surface area contributed by atoms with Gasteiger partial charge in [0.15, 0.2) is 6.20 Å². The van der Waals surface area contributed by atoms with Crippen LogP contribution in [0.3, 0.4) is 0 Å². The molecule has 0 spiro atoms. The Bertz CT molecular complexity index is 392. The number of nitrogens with one attached hydrogen (secondary N) is 1. The van der Waals surface area contributed by atoms with Crippen LogP contribution >= 0.6 is 0 Å². The third-order valence-electron chi connectivity index (χ3n) is 1.91. The summed E-state index contributed by atoms with van der Waals surface area (Å²) < 4.78 is 0.465. The Hall–Kier alpha value is -2.11. The molecule has 0 aromatic carbocycles. The summed E-state index contributed by atoms with van der Waals surface area (Å²) in [5.74, 6) is -1.41. The van der Waals surface area contributed by atoms with Crippen LogP contribution in [-0.4, -0.2) is 23.5 Å². The SMILES string of the molecule is O=C(O)CCCNC(=O)c1cccc[n+]1[O-]. The van der Waals surface area contributed by atoms with Crippen LogP contribution in [-0.2, 0) is 4.79 Å². The smallest absolute Gasteiger partial charge is 0.317 e. The van der Waals surface area contributed by atoms with E-state index in [-0.39, 0.29) is 18.7 Å². The molecule has 0 unspecified atom stereocenters. The van der Waals surface area contributed by atoms with Gasteiger partial charge in [0.25, 0.3) is 5.69 Å². The number of carboxylic acids is 1. The minimum absolute atomic E-state index is 0.00201. The second-order valence-corrected chi connectivity index (χ2v) is 3.16. The van der Waals surface area contributed by atoms with E-state index < -0.39 is 11.9 Å². The van der Waals surface area contributed by atoms with Gasteiger partial charge in [-0.05, 0) is 12.5 Å². The molecule has 1 aromatic rings. The summed E-state index contributed by atoms with van der Waals surface area (Å²) >= 11 is 0. The van der Waals surface area contributed by atoms with E-state index in [1.165, 1.54) is 18.3 Å². The quantitative estimate of drug-likeness (QED) is 0.415. The molecule has 6 nitrogen and oxygen atoms in total. The predicted octanol–water partition coefficient (Wildman–Crippen LogP) is -0.0854. The first-order valence-electron chi connectivity index (χ1n) is 4.79. The van der Waals surface area contributed by atoms with E-state index in [0.717, 1.165) is 0 Å². The van der Waals surface area contributed by atoms with Gasteiger partial charge in [-0.15, -0.1) is 0 Å². The van der Waals surface area contributed by atoms with Gasteiger partial charge in [0.1, 0.15) is 0 Å². The molecule has 0 atom stereocenters. The molecule has 0 aliphatic carbocycles. The number of rotatable bonds is 5. The normalized spacial score (nSPS) is 9.75. The molecule has 0 saturated carbocycles. The molecule has 0 aliphatic heterocycles. The minimum Gasteiger partial charge on any atom is -0.618 e. The topological polar surface area (TPSA) is 93.3 Å². The molecule has 1 rings (SSSR count). The number of nitrogens with zero attached hydrogens (tertiary/aromatic N) is 1. The highest BCUT2D eigenvalue weighted by atomic mass is 16.5. The third-order valence-corrected chi connectivity index (χ3v) is 1.91. The molecule has 1 aromatic heterocycles. The van der Waals surface area contributed by atoms with Crippen molar-refractivity contribution in [1.82, 2.24) is 5.32 Å². The number of pyridine rings is 1. The van der Waals surface area contributed by atoms with E-state index >= 15 is 0 Å². The summed E-state index contributed by atoms with van der Waals surface area (Å²) in [5.41, 5.74) is -0.00201. The zero-order valence-electron chi connectivity index (χ0n) is 8.55. The number of amides is 1. The van der Waals surface area contributed by atoms with Crippen LogP contribution in [0.25, 0.3) is 0 Å². The first-order chi connectivity index (χ1) is 7.61. The third kappa shape index (κ3) is 3.56. The predicted molar refractivity (Wildman–Crippen MR) is 54.6 cm³/mol. The van der Waals surface area contributed by atoms with Crippen LogP contribution in [0.15, 0.2) is 24.4 Å². The van der Waals surface area contributed by atoms with Crippen molar-refractivity contribution in [3.05, 3.63) is 35.3 Å². The maximum atomic E-state index is 11.4. The van der Waals surface area contributed by atoms with Crippen molar-refractivity contribution >= 4 is 11.9 Å². The molecular weight excluding hydrogens is 212 g/mol. The summed E-state index contributed by atoms with van der Waals surface area (Å²) in [6.45, 7) is 0.236. The van der Waals surface area contributed by atoms with E-state index in [1.807, 2.05) is 0 Å². The molecule has 0 bridgehead atoms. The molecule has 0 saturated heterocycles. The second kappa shape index (κ2) is 5.69. The number of carbonyl (C=O) groups is 2. The number of aromatic nitrogens is 1. The fraction of sp³-hybridized carbons (Fsp3) is 0.300. The molecule has 0 aliphatic rings. The Labute approximate surface area is 92.1 Å². The Balaban J connectivity index is 2.41. The Morgan fingerprint density at radius 2 is 2.19 bits per heavy atom. The second-order valence-electron chi connectivity index (χ2n) is 3.16. The average molecular weight is 224 g/mol. The van der Waals surface area contributed by atoms with Crippen LogP contribution in [0.4, 0.5) is 0 Å². The van der Waals surface area contributed by atoms with Gasteiger partial charge in [-0.3, -0.25) is 9.59 Å². The molecule has 2 N–H and O–H groups in total. The maximum Gasteiger partial charge on any atom is 0.317 e. The fourth-order valence-electron chi connectivity index (χ4n) is 1.14. The van der Waals surface area contributed by atoms with E-state index in [4.69, 9.17) is 5.11 Å². The lowest BCUT2D eigenvalue weighted by molar-refractivity contribution is -0.607. The van der Waals surface area contributed by atoms with Crippen molar-refractivity contribution in [3.8, 4) is 0 Å². The average Bonchev–Trinajstić information content (AvgIpc) is 2.24. The Morgan fingerprint density at radius 3 is 2.81 bits per heavy atom. The highest BCUT2D eigenvalue weighted by Gasteiger charge is 2.13. The number of carboxylic acid groups (broad SMARTS) is 1. The van der Waals surface area contributed by atoms with Gasteiger partial charge in [0.05, 0.1) is 0 Å². The van der Waals surface area contributed by atoms with Crippen molar-refractivity contribution in [2.45, 2.75) is 12.8 Å². The highest BCUT2D eigenvalue weighted by molar-refractivity contribution is 5.90. The highest BCUT2D eigenvalue weighted by Crippen LogP contribution is 1.92.